The van der Waals surface area contributed by atoms with Gasteiger partial charge in [-0.1, -0.05) is 19.1 Å². The molecular weight excluding hydrogens is 268 g/mol. The fraction of sp³-hybridized carbons (Fsp3) is 0.308. The largest absolute Gasteiger partial charge is 0.493 e. The highest BCUT2D eigenvalue weighted by Gasteiger charge is 2.14. The molecule has 1 N–H and O–H groups in total. The molecule has 0 aliphatic carbocycles. The Hall–Kier alpha value is -1.26. The van der Waals surface area contributed by atoms with Gasteiger partial charge in [-0.15, -0.1) is 11.6 Å². The molecule has 0 spiro atoms. The molecule has 0 aliphatic heterocycles. The van der Waals surface area contributed by atoms with Crippen LogP contribution in [0.2, 0.25) is 0 Å². The molecule has 5 heteroatoms. The summed E-state index contributed by atoms with van der Waals surface area (Å²) in [5, 5.41) is 10.0. The number of rotatable bonds is 3. The maximum absolute atomic E-state index is 10.0. The van der Waals surface area contributed by atoms with Crippen molar-refractivity contribution >= 4 is 23.8 Å². The van der Waals surface area contributed by atoms with Gasteiger partial charge in [-0.25, -0.2) is 0 Å². The molecule has 0 saturated heterocycles. The van der Waals surface area contributed by atoms with Gasteiger partial charge < -0.3 is 5.11 Å². The van der Waals surface area contributed by atoms with Crippen LogP contribution >= 0.6 is 23.8 Å². The molecule has 2 aromatic rings. The molecule has 0 saturated carbocycles. The van der Waals surface area contributed by atoms with Crippen molar-refractivity contribution in [3.63, 3.8) is 0 Å². The molecule has 3 nitrogen and oxygen atoms in total. The zero-order chi connectivity index (χ0) is 13.3. The Kier molecular flexibility index (Phi) is 3.78. The summed E-state index contributed by atoms with van der Waals surface area (Å²) in [6.45, 7) is 1.99. The van der Waals surface area contributed by atoms with Gasteiger partial charge in [-0.05, 0) is 36.3 Å². The minimum atomic E-state index is 0.226. The van der Waals surface area contributed by atoms with Gasteiger partial charge in [0.15, 0.2) is 4.77 Å². The number of benzene rings is 1. The van der Waals surface area contributed by atoms with Gasteiger partial charge in [0.2, 0.25) is 5.88 Å². The first-order valence-electron chi connectivity index (χ1n) is 5.75. The Morgan fingerprint density at radius 3 is 2.39 bits per heavy atom. The van der Waals surface area contributed by atoms with E-state index in [0.29, 0.717) is 17.1 Å². The topological polar surface area (TPSA) is 30.1 Å². The summed E-state index contributed by atoms with van der Waals surface area (Å²) in [5.74, 6) is 0.718. The van der Waals surface area contributed by atoms with Crippen LogP contribution in [0.15, 0.2) is 24.3 Å². The fourth-order valence-electron chi connectivity index (χ4n) is 1.97. The molecule has 2 rings (SSSR count). The molecule has 0 radical (unpaired) electrons. The van der Waals surface area contributed by atoms with E-state index in [-0.39, 0.29) is 5.88 Å². The maximum atomic E-state index is 10.0. The SMILES string of the molecule is CCc1c(O)n(C)c(=S)n1-c1ccc(CCl)cc1. The molecule has 1 aromatic carbocycles. The van der Waals surface area contributed by atoms with Crippen LogP contribution in [0.3, 0.4) is 0 Å². The molecule has 0 bridgehead atoms. The summed E-state index contributed by atoms with van der Waals surface area (Å²) in [5.41, 5.74) is 2.83. The second-order valence-corrected chi connectivity index (χ2v) is 4.73. The van der Waals surface area contributed by atoms with E-state index in [1.54, 1.807) is 11.6 Å². The number of nitrogens with zero attached hydrogens (tertiary/aromatic N) is 2. The highest BCUT2D eigenvalue weighted by molar-refractivity contribution is 7.71. The molecule has 1 aromatic heterocycles. The normalized spacial score (nSPS) is 10.8. The first kappa shape index (κ1) is 13.2. The van der Waals surface area contributed by atoms with Crippen molar-refractivity contribution in [2.45, 2.75) is 19.2 Å². The van der Waals surface area contributed by atoms with Crippen LogP contribution in [0.4, 0.5) is 0 Å². The summed E-state index contributed by atoms with van der Waals surface area (Å²) in [6.07, 6.45) is 0.716. The van der Waals surface area contributed by atoms with Crippen molar-refractivity contribution in [3.8, 4) is 11.6 Å². The lowest BCUT2D eigenvalue weighted by Gasteiger charge is -2.07. The summed E-state index contributed by atoms with van der Waals surface area (Å²) >= 11 is 11.1. The van der Waals surface area contributed by atoms with Crippen molar-refractivity contribution in [1.82, 2.24) is 9.13 Å². The molecule has 0 amide bonds. The van der Waals surface area contributed by atoms with Crippen LogP contribution in [0.5, 0.6) is 5.88 Å². The van der Waals surface area contributed by atoms with Gasteiger partial charge in [0.1, 0.15) is 0 Å². The third kappa shape index (κ3) is 2.06. The predicted octanol–water partition coefficient (Wildman–Crippen LogP) is 3.55. The molecule has 0 unspecified atom stereocenters. The van der Waals surface area contributed by atoms with E-state index >= 15 is 0 Å². The standard InChI is InChI=1S/C13H15ClN2OS/c1-3-11-12(17)15(2)13(18)16(11)10-6-4-9(8-14)5-7-10/h4-7,17H,3,8H2,1-2H3. The second-order valence-electron chi connectivity index (χ2n) is 4.10. The first-order chi connectivity index (χ1) is 8.60. The fourth-order valence-corrected chi connectivity index (χ4v) is 2.45. The predicted molar refractivity (Wildman–Crippen MR) is 76.2 cm³/mol. The monoisotopic (exact) mass is 282 g/mol. The van der Waals surface area contributed by atoms with Crippen LogP contribution in [0.25, 0.3) is 5.69 Å². The lowest BCUT2D eigenvalue weighted by molar-refractivity contribution is 0.425. The average Bonchev–Trinajstić information content (AvgIpc) is 2.63. The molecule has 96 valence electrons. The molecular formula is C13H15ClN2OS. The van der Waals surface area contributed by atoms with Gasteiger partial charge in [0.25, 0.3) is 0 Å². The minimum Gasteiger partial charge on any atom is -0.493 e. The van der Waals surface area contributed by atoms with E-state index in [1.807, 2.05) is 35.8 Å². The highest BCUT2D eigenvalue weighted by Crippen LogP contribution is 2.24. The van der Waals surface area contributed by atoms with Crippen LogP contribution in [0.1, 0.15) is 18.2 Å². The van der Waals surface area contributed by atoms with Gasteiger partial charge in [-0.3, -0.25) is 9.13 Å². The van der Waals surface area contributed by atoms with Crippen LogP contribution in [-0.2, 0) is 19.3 Å². The maximum Gasteiger partial charge on any atom is 0.213 e. The third-order valence-corrected chi connectivity index (χ3v) is 3.77. The van der Waals surface area contributed by atoms with Crippen molar-refractivity contribution in [3.05, 3.63) is 40.3 Å². The zero-order valence-corrected chi connectivity index (χ0v) is 11.9. The Bertz CT molecular complexity index is 613. The molecule has 0 fully saturated rings. The van der Waals surface area contributed by atoms with Gasteiger partial charge in [-0.2, -0.15) is 0 Å². The van der Waals surface area contributed by atoms with Crippen molar-refractivity contribution < 1.29 is 5.11 Å². The number of hydrogen-bond donors (Lipinski definition) is 1. The number of halogens is 1. The van der Waals surface area contributed by atoms with E-state index in [0.717, 1.165) is 16.9 Å². The molecule has 1 heterocycles. The van der Waals surface area contributed by atoms with Crippen molar-refractivity contribution in [2.75, 3.05) is 0 Å². The van der Waals surface area contributed by atoms with Gasteiger partial charge in [0, 0.05) is 18.6 Å². The van der Waals surface area contributed by atoms with Gasteiger partial charge >= 0.3 is 0 Å². The number of alkyl halides is 1. The van der Waals surface area contributed by atoms with E-state index in [2.05, 4.69) is 0 Å². The number of aromatic hydroxyl groups is 1. The van der Waals surface area contributed by atoms with Crippen LogP contribution < -0.4 is 0 Å². The first-order valence-corrected chi connectivity index (χ1v) is 6.69. The lowest BCUT2D eigenvalue weighted by atomic mass is 10.2. The highest BCUT2D eigenvalue weighted by atomic mass is 35.5. The Morgan fingerprint density at radius 1 is 1.28 bits per heavy atom. The summed E-state index contributed by atoms with van der Waals surface area (Å²) in [6, 6.07) is 7.86. The summed E-state index contributed by atoms with van der Waals surface area (Å²) in [4.78, 5) is 0. The summed E-state index contributed by atoms with van der Waals surface area (Å²) < 4.78 is 4.09. The molecule has 0 atom stereocenters. The van der Waals surface area contributed by atoms with Crippen molar-refractivity contribution in [2.24, 2.45) is 7.05 Å². The minimum absolute atomic E-state index is 0.226. The Balaban J connectivity index is 2.62. The van der Waals surface area contributed by atoms with E-state index in [4.69, 9.17) is 23.8 Å². The van der Waals surface area contributed by atoms with E-state index < -0.39 is 0 Å². The third-order valence-electron chi connectivity index (χ3n) is 3.01. The van der Waals surface area contributed by atoms with E-state index in [1.165, 1.54) is 0 Å². The summed E-state index contributed by atoms with van der Waals surface area (Å²) in [7, 11) is 1.76. The Labute approximate surface area is 116 Å². The Morgan fingerprint density at radius 2 is 1.89 bits per heavy atom. The quantitative estimate of drug-likeness (QED) is 0.689. The zero-order valence-electron chi connectivity index (χ0n) is 10.4. The molecule has 18 heavy (non-hydrogen) atoms. The number of aromatic nitrogens is 2. The smallest absolute Gasteiger partial charge is 0.213 e. The van der Waals surface area contributed by atoms with Crippen LogP contribution in [0, 0.1) is 4.77 Å². The lowest BCUT2D eigenvalue weighted by Crippen LogP contribution is -2.00. The number of hydrogen-bond acceptors (Lipinski definition) is 2. The number of imidazole rings is 1. The second kappa shape index (κ2) is 5.16. The average molecular weight is 283 g/mol. The molecule has 0 aliphatic rings. The van der Waals surface area contributed by atoms with Gasteiger partial charge in [0.05, 0.1) is 5.69 Å². The van der Waals surface area contributed by atoms with Crippen molar-refractivity contribution in [1.29, 1.82) is 0 Å². The van der Waals surface area contributed by atoms with Crippen LogP contribution in [-0.4, -0.2) is 14.2 Å². The van der Waals surface area contributed by atoms with E-state index in [9.17, 15) is 5.11 Å².